The first-order chi connectivity index (χ1) is 14.1. The Morgan fingerprint density at radius 1 is 1.24 bits per heavy atom. The number of urea groups is 1. The zero-order chi connectivity index (χ0) is 20.4. The fourth-order valence-electron chi connectivity index (χ4n) is 3.58. The molecule has 4 rings (SSSR count). The van der Waals surface area contributed by atoms with E-state index in [9.17, 15) is 9.59 Å². The number of aromatic amines is 1. The van der Waals surface area contributed by atoms with Crippen molar-refractivity contribution >= 4 is 29.3 Å². The van der Waals surface area contributed by atoms with Crippen molar-refractivity contribution < 1.29 is 14.3 Å². The molecule has 2 heterocycles. The van der Waals surface area contributed by atoms with Crippen LogP contribution in [0.25, 0.3) is 0 Å². The Hall–Kier alpha value is -3.32. The van der Waals surface area contributed by atoms with Crippen LogP contribution in [0.1, 0.15) is 33.4 Å². The van der Waals surface area contributed by atoms with Crippen LogP contribution in [-0.4, -0.2) is 40.5 Å². The van der Waals surface area contributed by atoms with E-state index in [-0.39, 0.29) is 6.03 Å². The molecule has 0 fully saturated rings. The Morgan fingerprint density at radius 2 is 2.07 bits per heavy atom. The molecule has 0 aliphatic carbocycles. The number of para-hydroxylation sites is 1. The zero-order valence-electron chi connectivity index (χ0n) is 15.7. The highest BCUT2D eigenvalue weighted by Crippen LogP contribution is 2.34. The summed E-state index contributed by atoms with van der Waals surface area (Å²) < 4.78 is 4.81. The number of imidazole rings is 1. The number of amides is 2. The van der Waals surface area contributed by atoms with Crippen LogP contribution in [0, 0.1) is 0 Å². The number of fused-ring (bicyclic) bond motifs is 1. The fourth-order valence-corrected chi connectivity index (χ4v) is 3.78. The SMILES string of the molecule is COC(=O)c1ccccc1NC(=O)N1CCc2[nH]cnc2C1c1cccc(Cl)c1. The number of benzene rings is 2. The average molecular weight is 411 g/mol. The molecular formula is C21H19ClN4O3. The van der Waals surface area contributed by atoms with Crippen molar-refractivity contribution in [2.75, 3.05) is 19.0 Å². The predicted octanol–water partition coefficient (Wildman–Crippen LogP) is 4.03. The van der Waals surface area contributed by atoms with Gasteiger partial charge in [0.2, 0.25) is 0 Å². The highest BCUT2D eigenvalue weighted by Gasteiger charge is 2.34. The number of halogens is 1. The van der Waals surface area contributed by atoms with E-state index >= 15 is 0 Å². The highest BCUT2D eigenvalue weighted by molar-refractivity contribution is 6.30. The van der Waals surface area contributed by atoms with E-state index < -0.39 is 12.0 Å². The number of methoxy groups -OCH3 is 1. The summed E-state index contributed by atoms with van der Waals surface area (Å²) in [6, 6.07) is 13.4. The van der Waals surface area contributed by atoms with Crippen LogP contribution in [0.2, 0.25) is 5.02 Å². The van der Waals surface area contributed by atoms with Crippen LogP contribution in [0.3, 0.4) is 0 Å². The van der Waals surface area contributed by atoms with E-state index in [1.807, 2.05) is 18.2 Å². The van der Waals surface area contributed by atoms with Gasteiger partial charge in [0.15, 0.2) is 0 Å². The molecule has 2 aromatic carbocycles. The van der Waals surface area contributed by atoms with Gasteiger partial charge in [-0.15, -0.1) is 0 Å². The van der Waals surface area contributed by atoms with Gasteiger partial charge < -0.3 is 19.9 Å². The third-order valence-electron chi connectivity index (χ3n) is 4.92. The summed E-state index contributed by atoms with van der Waals surface area (Å²) >= 11 is 6.20. The molecule has 2 N–H and O–H groups in total. The van der Waals surface area contributed by atoms with Crippen LogP contribution in [-0.2, 0) is 11.2 Å². The first-order valence-corrected chi connectivity index (χ1v) is 9.49. The Bertz CT molecular complexity index is 1070. The molecule has 7 nitrogen and oxygen atoms in total. The van der Waals surface area contributed by atoms with Crippen molar-refractivity contribution in [3.05, 3.63) is 82.4 Å². The third kappa shape index (κ3) is 3.69. The second-order valence-corrected chi connectivity index (χ2v) is 7.07. The summed E-state index contributed by atoms with van der Waals surface area (Å²) in [6.07, 6.45) is 2.29. The monoisotopic (exact) mass is 410 g/mol. The molecule has 1 aromatic heterocycles. The van der Waals surface area contributed by atoms with Gasteiger partial charge in [-0.25, -0.2) is 14.6 Å². The van der Waals surface area contributed by atoms with Crippen LogP contribution in [0.5, 0.6) is 0 Å². The van der Waals surface area contributed by atoms with Gasteiger partial charge in [-0.2, -0.15) is 0 Å². The standard InChI is InChI=1S/C21H19ClN4O3/c1-29-20(27)15-7-2-3-8-16(15)25-21(28)26-10-9-17-18(24-12-23-17)19(26)13-5-4-6-14(22)11-13/h2-8,11-12,19H,9-10H2,1H3,(H,23,24)(H,25,28). The van der Waals surface area contributed by atoms with Crippen LogP contribution in [0.15, 0.2) is 54.9 Å². The van der Waals surface area contributed by atoms with E-state index in [1.54, 1.807) is 41.6 Å². The molecule has 2 amide bonds. The van der Waals surface area contributed by atoms with Gasteiger partial charge in [-0.3, -0.25) is 0 Å². The Kier molecular flexibility index (Phi) is 5.22. The molecule has 0 bridgehead atoms. The second kappa shape index (κ2) is 7.97. The summed E-state index contributed by atoms with van der Waals surface area (Å²) in [5.74, 6) is -0.513. The number of aromatic nitrogens is 2. The lowest BCUT2D eigenvalue weighted by Crippen LogP contribution is -2.43. The number of rotatable bonds is 3. The Balaban J connectivity index is 1.68. The average Bonchev–Trinajstić information content (AvgIpc) is 3.21. The van der Waals surface area contributed by atoms with Crippen LogP contribution in [0.4, 0.5) is 10.5 Å². The highest BCUT2D eigenvalue weighted by atomic mass is 35.5. The Morgan fingerprint density at radius 3 is 2.86 bits per heavy atom. The smallest absolute Gasteiger partial charge is 0.339 e. The first kappa shape index (κ1) is 19.0. The maximum atomic E-state index is 13.2. The van der Waals surface area contributed by atoms with Gasteiger partial charge in [-0.1, -0.05) is 35.9 Å². The summed E-state index contributed by atoms with van der Waals surface area (Å²) in [7, 11) is 1.31. The van der Waals surface area contributed by atoms with Gasteiger partial charge in [0.25, 0.3) is 0 Å². The van der Waals surface area contributed by atoms with E-state index in [0.29, 0.717) is 29.2 Å². The number of esters is 1. The summed E-state index contributed by atoms with van der Waals surface area (Å²) in [4.78, 5) is 34.5. The van der Waals surface area contributed by atoms with Crippen molar-refractivity contribution in [1.82, 2.24) is 14.9 Å². The number of hydrogen-bond donors (Lipinski definition) is 2. The van der Waals surface area contributed by atoms with Crippen molar-refractivity contribution in [1.29, 1.82) is 0 Å². The summed E-state index contributed by atoms with van der Waals surface area (Å²) in [5, 5.41) is 3.43. The Labute approximate surface area is 172 Å². The van der Waals surface area contributed by atoms with E-state index in [0.717, 1.165) is 17.0 Å². The largest absolute Gasteiger partial charge is 0.465 e. The van der Waals surface area contributed by atoms with Crippen molar-refractivity contribution in [2.24, 2.45) is 0 Å². The molecule has 148 valence electrons. The molecule has 29 heavy (non-hydrogen) atoms. The van der Waals surface area contributed by atoms with Gasteiger partial charge >= 0.3 is 12.0 Å². The zero-order valence-corrected chi connectivity index (χ0v) is 16.4. The van der Waals surface area contributed by atoms with Gasteiger partial charge in [0, 0.05) is 23.7 Å². The fraction of sp³-hybridized carbons (Fsp3) is 0.190. The number of carbonyl (C=O) groups excluding carboxylic acids is 2. The van der Waals surface area contributed by atoms with Crippen molar-refractivity contribution in [3.63, 3.8) is 0 Å². The van der Waals surface area contributed by atoms with E-state index in [4.69, 9.17) is 16.3 Å². The molecule has 8 heteroatoms. The van der Waals surface area contributed by atoms with Gasteiger partial charge in [0.1, 0.15) is 6.04 Å². The number of carbonyl (C=O) groups is 2. The molecule has 0 saturated carbocycles. The topological polar surface area (TPSA) is 87.3 Å². The predicted molar refractivity (Wildman–Crippen MR) is 109 cm³/mol. The molecule has 0 radical (unpaired) electrons. The first-order valence-electron chi connectivity index (χ1n) is 9.11. The number of ether oxygens (including phenoxy) is 1. The molecule has 1 unspecified atom stereocenters. The normalized spacial score (nSPS) is 15.5. The summed E-state index contributed by atoms with van der Waals surface area (Å²) in [5.41, 5.74) is 3.33. The van der Waals surface area contributed by atoms with Crippen LogP contribution < -0.4 is 5.32 Å². The lowest BCUT2D eigenvalue weighted by molar-refractivity contribution is 0.0602. The quantitative estimate of drug-likeness (QED) is 0.638. The maximum absolute atomic E-state index is 13.2. The number of H-pyrrole nitrogens is 1. The van der Waals surface area contributed by atoms with Gasteiger partial charge in [0.05, 0.1) is 30.4 Å². The molecular weight excluding hydrogens is 392 g/mol. The summed E-state index contributed by atoms with van der Waals surface area (Å²) in [6.45, 7) is 0.485. The van der Waals surface area contributed by atoms with Crippen molar-refractivity contribution in [2.45, 2.75) is 12.5 Å². The molecule has 0 spiro atoms. The number of hydrogen-bond acceptors (Lipinski definition) is 4. The number of nitrogens with zero attached hydrogens (tertiary/aromatic N) is 2. The molecule has 1 atom stereocenters. The van der Waals surface area contributed by atoms with E-state index in [1.165, 1.54) is 7.11 Å². The van der Waals surface area contributed by atoms with E-state index in [2.05, 4.69) is 15.3 Å². The van der Waals surface area contributed by atoms with Crippen molar-refractivity contribution in [3.8, 4) is 0 Å². The lowest BCUT2D eigenvalue weighted by atomic mass is 9.96. The lowest BCUT2D eigenvalue weighted by Gasteiger charge is -2.35. The minimum absolute atomic E-state index is 0.292. The third-order valence-corrected chi connectivity index (χ3v) is 5.16. The maximum Gasteiger partial charge on any atom is 0.339 e. The molecule has 3 aromatic rings. The minimum Gasteiger partial charge on any atom is -0.465 e. The molecule has 1 aliphatic heterocycles. The number of anilines is 1. The van der Waals surface area contributed by atoms with Gasteiger partial charge in [-0.05, 0) is 29.8 Å². The second-order valence-electron chi connectivity index (χ2n) is 6.63. The number of nitrogens with one attached hydrogen (secondary N) is 2. The molecule has 0 saturated heterocycles. The molecule has 1 aliphatic rings. The minimum atomic E-state index is -0.513. The van der Waals surface area contributed by atoms with Crippen LogP contribution >= 0.6 is 11.6 Å².